The topological polar surface area (TPSA) is 79.4 Å². The Morgan fingerprint density at radius 3 is 2.21 bits per heavy atom. The maximum Gasteiger partial charge on any atom is 0.292 e. The molecule has 6 heteroatoms. The molecular formula is C28H21N5O. The van der Waals surface area contributed by atoms with E-state index >= 15 is 0 Å². The molecule has 0 fully saturated rings. The van der Waals surface area contributed by atoms with Crippen LogP contribution in [0.2, 0.25) is 0 Å². The summed E-state index contributed by atoms with van der Waals surface area (Å²) >= 11 is 0. The molecule has 0 spiro atoms. The van der Waals surface area contributed by atoms with E-state index in [9.17, 15) is 4.79 Å². The van der Waals surface area contributed by atoms with Crippen molar-refractivity contribution in [3.63, 3.8) is 0 Å². The summed E-state index contributed by atoms with van der Waals surface area (Å²) < 4.78 is 1.73. The molecule has 3 heterocycles. The molecule has 0 saturated heterocycles. The second-order valence-electron chi connectivity index (χ2n) is 8.26. The molecule has 0 unspecified atom stereocenters. The number of aromatic amines is 2. The average molecular weight is 444 g/mol. The second kappa shape index (κ2) is 8.01. The Morgan fingerprint density at radius 1 is 0.824 bits per heavy atom. The summed E-state index contributed by atoms with van der Waals surface area (Å²) in [5, 5.41) is 12.4. The molecule has 2 N–H and O–H groups in total. The van der Waals surface area contributed by atoms with Crippen LogP contribution in [0, 0.1) is 6.92 Å². The van der Waals surface area contributed by atoms with E-state index in [1.165, 1.54) is 0 Å². The Morgan fingerprint density at radius 2 is 1.50 bits per heavy atom. The van der Waals surface area contributed by atoms with Crippen LogP contribution >= 0.6 is 0 Å². The van der Waals surface area contributed by atoms with Crippen molar-refractivity contribution >= 4 is 10.9 Å². The van der Waals surface area contributed by atoms with E-state index in [-0.39, 0.29) is 5.56 Å². The zero-order chi connectivity index (χ0) is 23.1. The Hall–Kier alpha value is -4.71. The van der Waals surface area contributed by atoms with Crippen LogP contribution in [0.4, 0.5) is 0 Å². The van der Waals surface area contributed by atoms with Crippen molar-refractivity contribution in [2.75, 3.05) is 0 Å². The van der Waals surface area contributed by atoms with E-state index in [0.29, 0.717) is 16.6 Å². The van der Waals surface area contributed by atoms with Crippen molar-refractivity contribution in [3.8, 4) is 39.3 Å². The Kier molecular flexibility index (Phi) is 4.70. The number of benzene rings is 3. The first-order valence-electron chi connectivity index (χ1n) is 11.1. The van der Waals surface area contributed by atoms with E-state index < -0.39 is 0 Å². The van der Waals surface area contributed by atoms with Gasteiger partial charge in [0.1, 0.15) is 5.69 Å². The van der Waals surface area contributed by atoms with E-state index in [4.69, 9.17) is 0 Å². The lowest BCUT2D eigenvalue weighted by Gasteiger charge is -2.08. The fourth-order valence-corrected chi connectivity index (χ4v) is 4.32. The van der Waals surface area contributed by atoms with E-state index in [1.54, 1.807) is 4.68 Å². The molecule has 0 aliphatic carbocycles. The van der Waals surface area contributed by atoms with Gasteiger partial charge in [-0.2, -0.15) is 10.2 Å². The summed E-state index contributed by atoms with van der Waals surface area (Å²) in [5.74, 6) is 0. The number of fused-ring (bicyclic) bond motifs is 1. The van der Waals surface area contributed by atoms with Crippen molar-refractivity contribution in [3.05, 3.63) is 113 Å². The van der Waals surface area contributed by atoms with E-state index in [2.05, 4.69) is 44.5 Å². The molecular weight excluding hydrogens is 422 g/mol. The van der Waals surface area contributed by atoms with Gasteiger partial charge in [0.05, 0.1) is 16.8 Å². The number of H-pyrrole nitrogens is 2. The first-order valence-corrected chi connectivity index (χ1v) is 11.1. The Bertz CT molecular complexity index is 1660. The standard InChI is InChI=1S/C28H21N5O/c1-18-12-14-21(15-13-18)33-17-23-26(30-31-28(34)27(23)32-33)22-16-29-25(20-10-6-3-7-11-20)24(22)19-8-4-2-5-9-19/h2-17,29H,1H3,(H,31,34). The van der Waals surface area contributed by atoms with Gasteiger partial charge < -0.3 is 4.98 Å². The van der Waals surface area contributed by atoms with Gasteiger partial charge in [0.15, 0.2) is 5.52 Å². The van der Waals surface area contributed by atoms with Gasteiger partial charge >= 0.3 is 0 Å². The lowest BCUT2D eigenvalue weighted by atomic mass is 9.95. The van der Waals surface area contributed by atoms with Crippen LogP contribution in [0.1, 0.15) is 5.56 Å². The largest absolute Gasteiger partial charge is 0.360 e. The van der Waals surface area contributed by atoms with Crippen LogP contribution in [0.3, 0.4) is 0 Å². The lowest BCUT2D eigenvalue weighted by Crippen LogP contribution is -2.09. The third-order valence-electron chi connectivity index (χ3n) is 6.01. The molecule has 164 valence electrons. The smallest absolute Gasteiger partial charge is 0.292 e. The summed E-state index contributed by atoms with van der Waals surface area (Å²) in [7, 11) is 0. The molecule has 0 bridgehead atoms. The number of nitrogens with zero attached hydrogens (tertiary/aromatic N) is 3. The maximum atomic E-state index is 12.6. The van der Waals surface area contributed by atoms with Crippen molar-refractivity contribution < 1.29 is 0 Å². The summed E-state index contributed by atoms with van der Waals surface area (Å²) in [6.07, 6.45) is 3.83. The predicted molar refractivity (Wildman–Crippen MR) is 135 cm³/mol. The van der Waals surface area contributed by atoms with Crippen molar-refractivity contribution in [2.24, 2.45) is 0 Å². The molecule has 6 aromatic rings. The van der Waals surface area contributed by atoms with Crippen LogP contribution in [-0.4, -0.2) is 25.0 Å². The van der Waals surface area contributed by atoms with Gasteiger partial charge in [-0.1, -0.05) is 78.4 Å². The molecule has 0 aliphatic heterocycles. The fraction of sp³-hybridized carbons (Fsp3) is 0.0357. The van der Waals surface area contributed by atoms with Gasteiger partial charge in [-0.3, -0.25) is 4.79 Å². The molecule has 0 aliphatic rings. The number of hydrogen-bond donors (Lipinski definition) is 2. The summed E-state index contributed by atoms with van der Waals surface area (Å²) in [5.41, 5.74) is 7.80. The number of hydrogen-bond acceptors (Lipinski definition) is 3. The van der Waals surface area contributed by atoms with Gasteiger partial charge in [0.2, 0.25) is 0 Å². The van der Waals surface area contributed by atoms with Crippen molar-refractivity contribution in [1.82, 2.24) is 25.0 Å². The van der Waals surface area contributed by atoms with Crippen molar-refractivity contribution in [2.45, 2.75) is 6.92 Å². The van der Waals surface area contributed by atoms with Gasteiger partial charge in [-0.15, -0.1) is 0 Å². The quantitative estimate of drug-likeness (QED) is 0.364. The minimum absolute atomic E-state index is 0.315. The first-order chi connectivity index (χ1) is 16.7. The number of aryl methyl sites for hydroxylation is 1. The van der Waals surface area contributed by atoms with E-state index in [1.807, 2.05) is 80.0 Å². The van der Waals surface area contributed by atoms with Crippen LogP contribution < -0.4 is 5.56 Å². The van der Waals surface area contributed by atoms with Crippen LogP contribution in [0.25, 0.3) is 50.2 Å². The van der Waals surface area contributed by atoms with Crippen molar-refractivity contribution in [1.29, 1.82) is 0 Å². The van der Waals surface area contributed by atoms with Crippen LogP contribution in [-0.2, 0) is 0 Å². The van der Waals surface area contributed by atoms with Gasteiger partial charge in [-0.25, -0.2) is 9.78 Å². The highest BCUT2D eigenvalue weighted by Crippen LogP contribution is 2.40. The average Bonchev–Trinajstić information content (AvgIpc) is 3.52. The highest BCUT2D eigenvalue weighted by molar-refractivity contribution is 6.00. The predicted octanol–water partition coefficient (Wildman–Crippen LogP) is 5.75. The Labute approximate surface area is 195 Å². The van der Waals surface area contributed by atoms with Gasteiger partial charge in [0.25, 0.3) is 5.56 Å². The molecule has 6 rings (SSSR count). The maximum absolute atomic E-state index is 12.6. The fourth-order valence-electron chi connectivity index (χ4n) is 4.32. The molecule has 34 heavy (non-hydrogen) atoms. The summed E-state index contributed by atoms with van der Waals surface area (Å²) in [4.78, 5) is 16.1. The second-order valence-corrected chi connectivity index (χ2v) is 8.26. The van der Waals surface area contributed by atoms with E-state index in [0.717, 1.165) is 39.2 Å². The monoisotopic (exact) mass is 443 g/mol. The lowest BCUT2D eigenvalue weighted by molar-refractivity contribution is 0.890. The molecule has 0 atom stereocenters. The molecule has 3 aromatic carbocycles. The number of aromatic nitrogens is 5. The third kappa shape index (κ3) is 3.33. The van der Waals surface area contributed by atoms with Gasteiger partial charge in [-0.05, 0) is 30.2 Å². The first kappa shape index (κ1) is 19.9. The molecule has 6 nitrogen and oxygen atoms in total. The zero-order valence-electron chi connectivity index (χ0n) is 18.5. The summed E-state index contributed by atoms with van der Waals surface area (Å²) in [6.45, 7) is 2.04. The number of nitrogens with one attached hydrogen (secondary N) is 2. The van der Waals surface area contributed by atoms with Crippen LogP contribution in [0.15, 0.2) is 102 Å². The normalized spacial score (nSPS) is 11.2. The summed E-state index contributed by atoms with van der Waals surface area (Å²) in [6, 6.07) is 28.4. The highest BCUT2D eigenvalue weighted by Gasteiger charge is 2.21. The van der Waals surface area contributed by atoms with Gasteiger partial charge in [0, 0.05) is 23.5 Å². The minimum atomic E-state index is -0.315. The van der Waals surface area contributed by atoms with Crippen LogP contribution in [0.5, 0.6) is 0 Å². The SMILES string of the molecule is Cc1ccc(-n2cc3c(-c4c[nH]c(-c5ccccc5)c4-c4ccccc4)n[nH]c(=O)c3n2)cc1. The zero-order valence-corrected chi connectivity index (χ0v) is 18.5. The molecule has 0 amide bonds. The third-order valence-corrected chi connectivity index (χ3v) is 6.01. The highest BCUT2D eigenvalue weighted by atomic mass is 16.1. The molecule has 0 radical (unpaired) electrons. The molecule has 0 saturated carbocycles. The minimum Gasteiger partial charge on any atom is -0.360 e. The Balaban J connectivity index is 1.61. The molecule has 3 aromatic heterocycles. The number of rotatable bonds is 4.